The SMILES string of the molecule is [N-]=[N+]=NOC(F)F. The second-order valence-corrected chi connectivity index (χ2v) is 0.537. The van der Waals surface area contributed by atoms with Crippen molar-refractivity contribution in [1.82, 2.24) is 0 Å². The second-order valence-electron chi connectivity index (χ2n) is 0.537. The zero-order valence-corrected chi connectivity index (χ0v) is 3.08. The molecule has 0 aliphatic rings. The molecular formula is CHF2N3O. The van der Waals surface area contributed by atoms with Crippen molar-refractivity contribution in [3.05, 3.63) is 10.4 Å². The summed E-state index contributed by atoms with van der Waals surface area (Å²) in [6.07, 6.45) is 0. The topological polar surface area (TPSA) is 58.0 Å². The Kier molecular flexibility index (Phi) is 2.70. The standard InChI is InChI=1S/CHF2N3O/c2-1(3)7-6-5-4/h1H. The molecule has 0 bridgehead atoms. The van der Waals surface area contributed by atoms with Gasteiger partial charge < -0.3 is 4.84 Å². The van der Waals surface area contributed by atoms with Crippen LogP contribution in [0.1, 0.15) is 0 Å². The molecule has 6 heteroatoms. The van der Waals surface area contributed by atoms with Gasteiger partial charge in [-0.15, -0.1) is 0 Å². The van der Waals surface area contributed by atoms with Gasteiger partial charge in [-0.3, -0.25) is 0 Å². The molecular weight excluding hydrogens is 108 g/mol. The summed E-state index contributed by atoms with van der Waals surface area (Å²) >= 11 is 0. The predicted molar refractivity (Wildman–Crippen MR) is 16.2 cm³/mol. The molecule has 40 valence electrons. The summed E-state index contributed by atoms with van der Waals surface area (Å²) in [5.74, 6) is 0. The molecule has 0 radical (unpaired) electrons. The zero-order valence-electron chi connectivity index (χ0n) is 3.08. The molecule has 0 rings (SSSR count). The molecule has 0 heterocycles. The lowest BCUT2D eigenvalue weighted by molar-refractivity contribution is -0.130. The summed E-state index contributed by atoms with van der Waals surface area (Å²) in [7, 11) is 0. The summed E-state index contributed by atoms with van der Waals surface area (Å²) < 4.78 is 21.5. The third-order valence-electron chi connectivity index (χ3n) is 0.163. The normalized spacial score (nSPS) is 7.86. The number of rotatable bonds is 2. The van der Waals surface area contributed by atoms with Gasteiger partial charge in [0, 0.05) is 4.91 Å². The first-order chi connectivity index (χ1) is 3.27. The molecule has 7 heavy (non-hydrogen) atoms. The molecule has 0 aliphatic heterocycles. The van der Waals surface area contributed by atoms with E-state index in [-0.39, 0.29) is 0 Å². The number of halogens is 2. The Balaban J connectivity index is 3.13. The van der Waals surface area contributed by atoms with Crippen LogP contribution in [0.3, 0.4) is 0 Å². The van der Waals surface area contributed by atoms with Gasteiger partial charge in [0.1, 0.15) is 5.28 Å². The van der Waals surface area contributed by atoms with Crippen molar-refractivity contribution in [3.8, 4) is 0 Å². The summed E-state index contributed by atoms with van der Waals surface area (Å²) in [5.41, 5.74) is 7.32. The molecule has 0 aromatic rings. The van der Waals surface area contributed by atoms with Gasteiger partial charge in [-0.2, -0.15) is 8.78 Å². The molecule has 0 fully saturated rings. The van der Waals surface area contributed by atoms with E-state index < -0.39 is 6.61 Å². The molecule has 0 saturated heterocycles. The number of nitrogens with zero attached hydrogens (tertiary/aromatic N) is 3. The van der Waals surface area contributed by atoms with Gasteiger partial charge in [0.05, 0.1) is 0 Å². The summed E-state index contributed by atoms with van der Waals surface area (Å²) in [5, 5.41) is 2.10. The first-order valence-electron chi connectivity index (χ1n) is 1.25. The van der Waals surface area contributed by atoms with Crippen LogP contribution in [0.15, 0.2) is 5.28 Å². The molecule has 0 N–H and O–H groups in total. The van der Waals surface area contributed by atoms with E-state index in [2.05, 4.69) is 10.1 Å². The zero-order chi connectivity index (χ0) is 5.70. The quantitative estimate of drug-likeness (QED) is 0.229. The van der Waals surface area contributed by atoms with Gasteiger partial charge in [0.25, 0.3) is 0 Å². The van der Waals surface area contributed by atoms with Gasteiger partial charge in [0.15, 0.2) is 0 Å². The van der Waals surface area contributed by atoms with E-state index in [9.17, 15) is 8.78 Å². The maximum absolute atomic E-state index is 10.7. The lowest BCUT2D eigenvalue weighted by atomic mass is 11.5. The van der Waals surface area contributed by atoms with Gasteiger partial charge in [-0.05, 0) is 5.53 Å². The van der Waals surface area contributed by atoms with Gasteiger partial charge in [-0.25, -0.2) is 0 Å². The Morgan fingerprint density at radius 1 is 1.71 bits per heavy atom. The molecule has 0 aliphatic carbocycles. The van der Waals surface area contributed by atoms with Crippen LogP contribution in [0.4, 0.5) is 8.78 Å². The fourth-order valence-electron chi connectivity index (χ4n) is 0.0567. The molecule has 0 spiro atoms. The molecule has 0 atom stereocenters. The Bertz CT molecular complexity index is 86.9. The summed E-state index contributed by atoms with van der Waals surface area (Å²) in [4.78, 5) is 4.96. The second kappa shape index (κ2) is 3.17. The minimum Gasteiger partial charge on any atom is -0.369 e. The molecule has 0 aromatic carbocycles. The average molecular weight is 109 g/mol. The first kappa shape index (κ1) is 5.97. The fourth-order valence-corrected chi connectivity index (χ4v) is 0.0567. The van der Waals surface area contributed by atoms with E-state index in [1.54, 1.807) is 0 Å². The smallest absolute Gasteiger partial charge is 0.369 e. The van der Waals surface area contributed by atoms with Crippen molar-refractivity contribution in [2.75, 3.05) is 0 Å². The highest BCUT2D eigenvalue weighted by Gasteiger charge is 1.95. The van der Waals surface area contributed by atoms with Crippen molar-refractivity contribution < 1.29 is 13.6 Å². The molecule has 4 nitrogen and oxygen atoms in total. The van der Waals surface area contributed by atoms with E-state index in [0.29, 0.717) is 0 Å². The van der Waals surface area contributed by atoms with E-state index in [1.165, 1.54) is 0 Å². The number of hydrogen-bond donors (Lipinski definition) is 0. The van der Waals surface area contributed by atoms with Gasteiger partial charge >= 0.3 is 6.61 Å². The van der Waals surface area contributed by atoms with Crippen molar-refractivity contribution in [3.63, 3.8) is 0 Å². The van der Waals surface area contributed by atoms with Crippen LogP contribution >= 0.6 is 0 Å². The van der Waals surface area contributed by atoms with Crippen LogP contribution in [0.25, 0.3) is 10.4 Å². The van der Waals surface area contributed by atoms with Crippen LogP contribution in [-0.2, 0) is 4.84 Å². The highest BCUT2D eigenvalue weighted by molar-refractivity contribution is 4.27. The van der Waals surface area contributed by atoms with Crippen molar-refractivity contribution in [2.45, 2.75) is 6.61 Å². The summed E-state index contributed by atoms with van der Waals surface area (Å²) in [6.45, 7) is -3.02. The largest absolute Gasteiger partial charge is 0.393 e. The number of hydrogen-bond acceptors (Lipinski definition) is 2. The molecule has 0 unspecified atom stereocenters. The third kappa shape index (κ3) is 4.97. The third-order valence-corrected chi connectivity index (χ3v) is 0.163. The van der Waals surface area contributed by atoms with Crippen molar-refractivity contribution in [1.29, 1.82) is 0 Å². The molecule has 0 saturated carbocycles. The lowest BCUT2D eigenvalue weighted by Gasteiger charge is -1.87. The highest BCUT2D eigenvalue weighted by atomic mass is 19.3. The Morgan fingerprint density at radius 3 is 2.43 bits per heavy atom. The predicted octanol–water partition coefficient (Wildman–Crippen LogP) is 1.45. The monoisotopic (exact) mass is 109 g/mol. The summed E-state index contributed by atoms with van der Waals surface area (Å²) in [6, 6.07) is 0. The Hall–Kier alpha value is -1.03. The van der Waals surface area contributed by atoms with Gasteiger partial charge in [-0.1, -0.05) is 0 Å². The lowest BCUT2D eigenvalue weighted by Crippen LogP contribution is -1.87. The maximum Gasteiger partial charge on any atom is 0.393 e. The Labute approximate surface area is 37.3 Å². The maximum atomic E-state index is 10.7. The fraction of sp³-hybridized carbons (Fsp3) is 1.00. The Morgan fingerprint density at radius 2 is 2.29 bits per heavy atom. The van der Waals surface area contributed by atoms with Crippen LogP contribution in [0, 0.1) is 0 Å². The van der Waals surface area contributed by atoms with E-state index >= 15 is 0 Å². The molecule has 0 aromatic heterocycles. The minimum absolute atomic E-state index is 1.90. The number of azide groups is 1. The van der Waals surface area contributed by atoms with E-state index in [1.807, 2.05) is 4.91 Å². The highest BCUT2D eigenvalue weighted by Crippen LogP contribution is 1.93. The minimum atomic E-state index is -3.02. The first-order valence-corrected chi connectivity index (χ1v) is 1.25. The van der Waals surface area contributed by atoms with Crippen LogP contribution in [0.2, 0.25) is 0 Å². The van der Waals surface area contributed by atoms with Gasteiger partial charge in [0.2, 0.25) is 0 Å². The van der Waals surface area contributed by atoms with Crippen LogP contribution in [-0.4, -0.2) is 6.61 Å². The molecule has 0 amide bonds. The van der Waals surface area contributed by atoms with E-state index in [4.69, 9.17) is 5.53 Å². The van der Waals surface area contributed by atoms with E-state index in [0.717, 1.165) is 0 Å². The average Bonchev–Trinajstić information content (AvgIpc) is 1.61. The van der Waals surface area contributed by atoms with Crippen molar-refractivity contribution in [2.24, 2.45) is 5.28 Å². The van der Waals surface area contributed by atoms with Crippen LogP contribution < -0.4 is 0 Å². The number of alkyl halides is 2. The van der Waals surface area contributed by atoms with Crippen molar-refractivity contribution >= 4 is 0 Å². The van der Waals surface area contributed by atoms with Crippen LogP contribution in [0.5, 0.6) is 0 Å².